The number of nitrogens with one attached hydrogen (secondary N) is 2. The largest absolute Gasteiger partial charge is 0.394 e. The number of halogens is 2. The molecular weight excluding hydrogens is 953 g/mol. The van der Waals surface area contributed by atoms with Gasteiger partial charge in [-0.15, -0.1) is 0 Å². The van der Waals surface area contributed by atoms with Crippen LogP contribution >= 0.6 is 25.0 Å². The number of fused-ring (bicyclic) bond motifs is 2. The molecular formula is C19H20F2N12O4Pt2S2. The van der Waals surface area contributed by atoms with Gasteiger partial charge in [0.1, 0.15) is 35.6 Å². The van der Waals surface area contributed by atoms with Crippen LogP contribution in [0.2, 0.25) is 0 Å². The fraction of sp³-hybridized carbons (Fsp3) is 0.263. The average molecular weight is 973 g/mol. The molecule has 6 heterocycles. The second kappa shape index (κ2) is 14.4. The van der Waals surface area contributed by atoms with Crippen molar-refractivity contribution in [2.75, 3.05) is 18.1 Å². The van der Waals surface area contributed by atoms with Crippen LogP contribution in [-0.2, 0) is 46.9 Å². The summed E-state index contributed by atoms with van der Waals surface area (Å²) in [4.78, 5) is 39.9. The summed E-state index contributed by atoms with van der Waals surface area (Å²) in [5, 5.41) is 18.1. The van der Waals surface area contributed by atoms with Crippen LogP contribution in [0.4, 0.5) is 20.5 Å². The smallest absolute Gasteiger partial charge is 0.351 e. The van der Waals surface area contributed by atoms with Crippen molar-refractivity contribution in [1.29, 1.82) is 0 Å². The molecule has 0 bridgehead atoms. The summed E-state index contributed by atoms with van der Waals surface area (Å²) in [6.07, 6.45) is 1.55. The van der Waals surface area contributed by atoms with E-state index >= 15 is 0 Å². The molecule has 0 aliphatic carbocycles. The number of anilines is 2. The van der Waals surface area contributed by atoms with E-state index in [9.17, 15) is 18.7 Å². The maximum atomic E-state index is 13.7. The molecule has 22 heteroatoms. The molecule has 1 aliphatic heterocycles. The molecule has 0 saturated carbocycles. The molecule has 41 heavy (non-hydrogen) atoms. The molecule has 0 radical (unpaired) electrons. The number of aliphatic hydroxyl groups excluding tert-OH is 2. The molecule has 1 fully saturated rings. The minimum Gasteiger partial charge on any atom is -0.394 e. The van der Waals surface area contributed by atoms with E-state index in [4.69, 9.17) is 33.5 Å². The zero-order valence-electron chi connectivity index (χ0n) is 20.1. The van der Waals surface area contributed by atoms with E-state index in [1.54, 1.807) is 16.5 Å². The van der Waals surface area contributed by atoms with Crippen molar-refractivity contribution in [2.24, 2.45) is 0 Å². The number of rotatable bonds is 2. The minimum absolute atomic E-state index is 0. The van der Waals surface area contributed by atoms with Gasteiger partial charge in [0.15, 0.2) is 22.0 Å². The van der Waals surface area contributed by atoms with E-state index in [0.717, 1.165) is 23.4 Å². The van der Waals surface area contributed by atoms with Crippen molar-refractivity contribution in [3.8, 4) is 0 Å². The van der Waals surface area contributed by atoms with E-state index in [1.165, 1.54) is 12.7 Å². The van der Waals surface area contributed by atoms with Crippen molar-refractivity contribution >= 4 is 59.1 Å². The maximum absolute atomic E-state index is 13.7. The second-order valence-electron chi connectivity index (χ2n) is 7.75. The number of aliphatic hydroxyl groups is 2. The maximum Gasteiger partial charge on any atom is 0.351 e. The number of hydrogen-bond donors (Lipinski definition) is 7. The van der Waals surface area contributed by atoms with Gasteiger partial charge in [-0.05, 0) is 6.07 Å². The van der Waals surface area contributed by atoms with Gasteiger partial charge in [-0.25, -0.2) is 29.7 Å². The Morgan fingerprint density at radius 3 is 2.59 bits per heavy atom. The van der Waals surface area contributed by atoms with Gasteiger partial charge in [-0.3, -0.25) is 8.54 Å². The third kappa shape index (κ3) is 7.57. The SMILES string of the molecule is Nc1ccn([C@@H]2O[C@H](CO)[C@@H](O)C2(F)F)c(=O)n1.Nc1nc(=S)c2[nH]cnc2[nH]1.Sn1cnc2cncnc21.[Pt].[Pt]. The molecule has 0 aromatic carbocycles. The van der Waals surface area contributed by atoms with Crippen LogP contribution in [0.25, 0.3) is 22.3 Å². The van der Waals surface area contributed by atoms with Crippen molar-refractivity contribution < 1.29 is 65.9 Å². The van der Waals surface area contributed by atoms with E-state index < -0.39 is 36.7 Å². The van der Waals surface area contributed by atoms with Gasteiger partial charge in [0.05, 0.1) is 19.1 Å². The van der Waals surface area contributed by atoms with Gasteiger partial charge >= 0.3 is 11.6 Å². The molecule has 5 aromatic rings. The normalized spacial score (nSPS) is 18.8. The van der Waals surface area contributed by atoms with Gasteiger partial charge < -0.3 is 36.4 Å². The molecule has 1 aliphatic rings. The molecule has 0 spiro atoms. The third-order valence-corrected chi connectivity index (χ3v) is 5.77. The van der Waals surface area contributed by atoms with Crippen LogP contribution in [0, 0.1) is 4.64 Å². The fourth-order valence-corrected chi connectivity index (χ4v) is 3.80. The predicted octanol–water partition coefficient (Wildman–Crippen LogP) is -0.177. The van der Waals surface area contributed by atoms with Crippen LogP contribution in [-0.4, -0.2) is 83.4 Å². The van der Waals surface area contributed by atoms with Crippen LogP contribution in [0.5, 0.6) is 0 Å². The van der Waals surface area contributed by atoms with Crippen molar-refractivity contribution in [3.05, 3.63) is 52.6 Å². The van der Waals surface area contributed by atoms with Gasteiger partial charge in [0, 0.05) is 48.3 Å². The Labute approximate surface area is 267 Å². The quantitative estimate of drug-likeness (QED) is 0.0900. The Morgan fingerprint density at radius 2 is 1.95 bits per heavy atom. The second-order valence-corrected chi connectivity index (χ2v) is 8.56. The Balaban J connectivity index is 0.000000221. The Bertz CT molecular complexity index is 1720. The monoisotopic (exact) mass is 972 g/mol. The summed E-state index contributed by atoms with van der Waals surface area (Å²) in [7, 11) is 0. The molecule has 6 rings (SSSR count). The molecule has 226 valence electrons. The van der Waals surface area contributed by atoms with Gasteiger partial charge in [-0.1, -0.05) is 25.0 Å². The van der Waals surface area contributed by atoms with Crippen molar-refractivity contribution in [2.45, 2.75) is 24.4 Å². The van der Waals surface area contributed by atoms with Gasteiger partial charge in [0.2, 0.25) is 12.2 Å². The van der Waals surface area contributed by atoms with Crippen LogP contribution in [0.1, 0.15) is 6.23 Å². The number of hydrogen-bond acceptors (Lipinski definition) is 14. The molecule has 1 saturated heterocycles. The number of thiol groups is 1. The van der Waals surface area contributed by atoms with E-state index in [-0.39, 0.29) is 53.9 Å². The van der Waals surface area contributed by atoms with E-state index in [2.05, 4.69) is 52.7 Å². The Morgan fingerprint density at radius 1 is 1.22 bits per heavy atom. The number of aromatic amines is 2. The first kappa shape index (κ1) is 34.5. The van der Waals surface area contributed by atoms with Crippen molar-refractivity contribution in [1.82, 2.24) is 48.4 Å². The summed E-state index contributed by atoms with van der Waals surface area (Å²) in [5.74, 6) is -3.54. The molecule has 5 aromatic heterocycles. The topological polar surface area (TPSA) is 238 Å². The first-order valence-electron chi connectivity index (χ1n) is 10.7. The molecule has 8 N–H and O–H groups in total. The van der Waals surface area contributed by atoms with Crippen LogP contribution < -0.4 is 17.2 Å². The van der Waals surface area contributed by atoms with E-state index in [0.29, 0.717) is 20.4 Å². The number of nitrogen functional groups attached to an aromatic ring is 2. The molecule has 0 unspecified atom stereocenters. The predicted molar refractivity (Wildman–Crippen MR) is 138 cm³/mol. The number of nitrogens with zero attached hydrogens (tertiary/aromatic N) is 8. The summed E-state index contributed by atoms with van der Waals surface area (Å²) in [5.41, 5.74) is 12.5. The Kier molecular flexibility index (Phi) is 12.1. The number of nitrogens with two attached hydrogens (primary N) is 2. The zero-order chi connectivity index (χ0) is 28.3. The zero-order valence-corrected chi connectivity index (χ0v) is 26.3. The fourth-order valence-electron chi connectivity index (χ4n) is 3.34. The Hall–Kier alpha value is -2.73. The summed E-state index contributed by atoms with van der Waals surface area (Å²) in [6, 6.07) is 1.15. The van der Waals surface area contributed by atoms with Gasteiger partial charge in [-0.2, -0.15) is 13.8 Å². The number of ether oxygens (including phenoxy) is 1. The van der Waals surface area contributed by atoms with Gasteiger partial charge in [0.25, 0.3) is 0 Å². The van der Waals surface area contributed by atoms with Crippen LogP contribution in [0.3, 0.4) is 0 Å². The molecule has 0 amide bonds. The molecule has 16 nitrogen and oxygen atoms in total. The van der Waals surface area contributed by atoms with Crippen molar-refractivity contribution in [3.63, 3.8) is 0 Å². The first-order chi connectivity index (χ1) is 18.5. The number of imidazole rings is 2. The summed E-state index contributed by atoms with van der Waals surface area (Å²) >= 11 is 8.98. The first-order valence-corrected chi connectivity index (χ1v) is 11.5. The average Bonchev–Trinajstić information content (AvgIpc) is 3.58. The van der Waals surface area contributed by atoms with Crippen LogP contribution in [0.15, 0.2) is 42.2 Å². The molecule has 3 atom stereocenters. The van der Waals surface area contributed by atoms with E-state index in [1.807, 2.05) is 0 Å². The number of alkyl halides is 2. The summed E-state index contributed by atoms with van der Waals surface area (Å²) in [6.45, 7) is -0.787. The summed E-state index contributed by atoms with van der Waals surface area (Å²) < 4.78 is 34.7. The minimum atomic E-state index is -3.71. The third-order valence-electron chi connectivity index (χ3n) is 5.18. The standard InChI is InChI=1S/C9H11F2N3O4.C5H5N5S.C5H4N4S.2Pt/c10-9(11)6(16)4(3-15)18-7(9)14-2-1-5(12)13-8(14)17;6-5-9-3-2(4(11)10-5)7-1-8-3;10-9-3-8-4-1-6-2-7-5(4)9;;/h1-2,4,6-7,15-16H,3H2,(H2,12,13,17);1H,(H4,6,7,8,9,10,11);1-3,10H;;/t4-,6-,7-;;;;/m1..../s1. The number of aromatic nitrogens is 10. The number of H-pyrrole nitrogens is 2.